The first-order chi connectivity index (χ1) is 12.7. The first-order valence-electron chi connectivity index (χ1n) is 7.76. The number of nitrogens with zero attached hydrogens (tertiary/aromatic N) is 2. The molecule has 0 aliphatic carbocycles. The van der Waals surface area contributed by atoms with Crippen molar-refractivity contribution in [2.24, 2.45) is 0 Å². The fraction of sp³-hybridized carbons (Fsp3) is 0.158. The largest absolute Gasteiger partial charge is 0.433 e. The molecule has 0 bridgehead atoms. The number of alkyl halides is 3. The SMILES string of the molecule is C#CC(O)(c1cn(Cc2ccccc2)c2cc([N+](=O)[O-])ccc12)C(F)(F)F. The molecule has 0 aliphatic rings. The first kappa shape index (κ1) is 18.5. The molecule has 0 saturated carbocycles. The topological polar surface area (TPSA) is 68.3 Å². The van der Waals surface area contributed by atoms with E-state index in [1.54, 1.807) is 30.3 Å². The van der Waals surface area contributed by atoms with E-state index in [1.807, 2.05) is 0 Å². The molecule has 27 heavy (non-hydrogen) atoms. The van der Waals surface area contributed by atoms with Gasteiger partial charge in [-0.3, -0.25) is 10.1 Å². The van der Waals surface area contributed by atoms with Crippen LogP contribution in [0.15, 0.2) is 54.7 Å². The van der Waals surface area contributed by atoms with Crippen molar-refractivity contribution in [3.63, 3.8) is 0 Å². The van der Waals surface area contributed by atoms with Gasteiger partial charge in [-0.2, -0.15) is 13.2 Å². The van der Waals surface area contributed by atoms with Crippen LogP contribution in [-0.2, 0) is 12.1 Å². The summed E-state index contributed by atoms with van der Waals surface area (Å²) < 4.78 is 41.8. The lowest BCUT2D eigenvalue weighted by molar-refractivity contribution is -0.384. The number of fused-ring (bicyclic) bond motifs is 1. The second kappa shape index (κ2) is 6.45. The number of rotatable bonds is 4. The van der Waals surface area contributed by atoms with Gasteiger partial charge in [0.15, 0.2) is 0 Å². The van der Waals surface area contributed by atoms with Crippen molar-refractivity contribution >= 4 is 16.6 Å². The van der Waals surface area contributed by atoms with Crippen LogP contribution < -0.4 is 0 Å². The summed E-state index contributed by atoms with van der Waals surface area (Å²) in [6, 6.07) is 12.2. The Balaban J connectivity index is 2.27. The summed E-state index contributed by atoms with van der Waals surface area (Å²) in [4.78, 5) is 10.4. The second-order valence-corrected chi connectivity index (χ2v) is 5.97. The molecule has 1 unspecified atom stereocenters. The van der Waals surface area contributed by atoms with Gasteiger partial charge in [-0.25, -0.2) is 0 Å². The Morgan fingerprint density at radius 2 is 1.85 bits per heavy atom. The molecule has 2 aromatic carbocycles. The van der Waals surface area contributed by atoms with E-state index >= 15 is 0 Å². The summed E-state index contributed by atoms with van der Waals surface area (Å²) in [6.45, 7) is 0.150. The number of benzene rings is 2. The summed E-state index contributed by atoms with van der Waals surface area (Å²) in [6.07, 6.45) is 0.995. The maximum Gasteiger partial charge on any atom is 0.433 e. The molecule has 0 amide bonds. The highest BCUT2D eigenvalue weighted by molar-refractivity contribution is 5.87. The van der Waals surface area contributed by atoms with Gasteiger partial charge in [-0.15, -0.1) is 6.42 Å². The summed E-state index contributed by atoms with van der Waals surface area (Å²) in [5.41, 5.74) is -3.40. The molecular weight excluding hydrogens is 361 g/mol. The summed E-state index contributed by atoms with van der Waals surface area (Å²) >= 11 is 0. The second-order valence-electron chi connectivity index (χ2n) is 5.97. The van der Waals surface area contributed by atoms with E-state index < -0.39 is 22.3 Å². The van der Waals surface area contributed by atoms with Gasteiger partial charge in [0, 0.05) is 35.8 Å². The zero-order valence-electron chi connectivity index (χ0n) is 13.8. The van der Waals surface area contributed by atoms with E-state index in [0.717, 1.165) is 23.9 Å². The molecule has 0 saturated heterocycles. The number of aliphatic hydroxyl groups is 1. The quantitative estimate of drug-likeness (QED) is 0.427. The molecule has 3 rings (SSSR count). The van der Waals surface area contributed by atoms with Crippen LogP contribution in [0.25, 0.3) is 10.9 Å². The van der Waals surface area contributed by atoms with Crippen LogP contribution in [-0.4, -0.2) is 20.8 Å². The maximum atomic E-state index is 13.5. The number of halogens is 3. The van der Waals surface area contributed by atoms with Crippen LogP contribution in [0.2, 0.25) is 0 Å². The summed E-state index contributed by atoms with van der Waals surface area (Å²) in [5, 5.41) is 21.2. The Labute approximate surface area is 151 Å². The van der Waals surface area contributed by atoms with E-state index in [4.69, 9.17) is 6.42 Å². The van der Waals surface area contributed by atoms with E-state index in [-0.39, 0.29) is 23.1 Å². The fourth-order valence-corrected chi connectivity index (χ4v) is 2.91. The number of hydrogen-bond donors (Lipinski definition) is 1. The molecule has 1 heterocycles. The highest BCUT2D eigenvalue weighted by atomic mass is 19.4. The zero-order valence-corrected chi connectivity index (χ0v) is 13.8. The normalized spacial score (nSPS) is 13.9. The predicted octanol–water partition coefficient (Wildman–Crippen LogP) is 3.98. The van der Waals surface area contributed by atoms with Crippen molar-refractivity contribution in [3.05, 3.63) is 76.0 Å². The Kier molecular flexibility index (Phi) is 4.41. The first-order valence-corrected chi connectivity index (χ1v) is 7.76. The lowest BCUT2D eigenvalue weighted by atomic mass is 9.93. The lowest BCUT2D eigenvalue weighted by Gasteiger charge is -2.24. The average Bonchev–Trinajstić information content (AvgIpc) is 2.99. The van der Waals surface area contributed by atoms with Gasteiger partial charge >= 0.3 is 6.18 Å². The van der Waals surface area contributed by atoms with Gasteiger partial charge in [0.05, 0.1) is 10.4 Å². The fourth-order valence-electron chi connectivity index (χ4n) is 2.91. The van der Waals surface area contributed by atoms with Crippen molar-refractivity contribution < 1.29 is 23.2 Å². The minimum atomic E-state index is -5.12. The molecule has 0 radical (unpaired) electrons. The Bertz CT molecular complexity index is 1050. The minimum absolute atomic E-state index is 0.00527. The van der Waals surface area contributed by atoms with Gasteiger partial charge in [0.2, 0.25) is 5.60 Å². The zero-order chi connectivity index (χ0) is 19.8. The highest BCUT2D eigenvalue weighted by Crippen LogP contribution is 2.42. The minimum Gasteiger partial charge on any atom is -0.366 e. The van der Waals surface area contributed by atoms with E-state index in [1.165, 1.54) is 16.6 Å². The number of nitro groups is 1. The smallest absolute Gasteiger partial charge is 0.366 e. The molecule has 5 nitrogen and oxygen atoms in total. The van der Waals surface area contributed by atoms with Crippen LogP contribution in [0.5, 0.6) is 0 Å². The standard InChI is InChI=1S/C19H13F3N2O3/c1-2-18(25,19(20,21)22)16-12-23(11-13-6-4-3-5-7-13)17-10-14(24(26)27)8-9-15(16)17/h1,3-10,12,25H,11H2. The molecule has 1 atom stereocenters. The van der Waals surface area contributed by atoms with E-state index in [9.17, 15) is 28.4 Å². The number of non-ortho nitro benzene ring substituents is 1. The van der Waals surface area contributed by atoms with Crippen LogP contribution in [0, 0.1) is 22.5 Å². The third-order valence-electron chi connectivity index (χ3n) is 4.28. The molecule has 0 spiro atoms. The number of aromatic nitrogens is 1. The van der Waals surface area contributed by atoms with Gasteiger partial charge in [0.25, 0.3) is 5.69 Å². The van der Waals surface area contributed by atoms with Crippen molar-refractivity contribution in [1.29, 1.82) is 0 Å². The predicted molar refractivity (Wildman–Crippen MR) is 92.9 cm³/mol. The number of hydrogen-bond acceptors (Lipinski definition) is 3. The van der Waals surface area contributed by atoms with Gasteiger partial charge < -0.3 is 9.67 Å². The van der Waals surface area contributed by atoms with Crippen LogP contribution >= 0.6 is 0 Å². The van der Waals surface area contributed by atoms with Crippen molar-refractivity contribution in [2.45, 2.75) is 18.3 Å². The van der Waals surface area contributed by atoms with E-state index in [0.29, 0.717) is 0 Å². The summed E-state index contributed by atoms with van der Waals surface area (Å²) in [5.74, 6) is 1.42. The maximum absolute atomic E-state index is 13.5. The molecule has 0 fully saturated rings. The van der Waals surface area contributed by atoms with Crippen molar-refractivity contribution in [3.8, 4) is 12.3 Å². The summed E-state index contributed by atoms with van der Waals surface area (Å²) in [7, 11) is 0. The molecule has 1 aromatic heterocycles. The lowest BCUT2D eigenvalue weighted by Crippen LogP contribution is -2.40. The average molecular weight is 374 g/mol. The molecule has 1 N–H and O–H groups in total. The molecular formula is C19H13F3N2O3. The monoisotopic (exact) mass is 374 g/mol. The van der Waals surface area contributed by atoms with Gasteiger partial charge in [-0.05, 0) is 11.6 Å². The third-order valence-corrected chi connectivity index (χ3v) is 4.28. The Morgan fingerprint density at radius 1 is 1.19 bits per heavy atom. The number of nitro benzene ring substituents is 1. The third kappa shape index (κ3) is 3.13. The van der Waals surface area contributed by atoms with Crippen molar-refractivity contribution in [2.75, 3.05) is 0 Å². The molecule has 138 valence electrons. The highest BCUT2D eigenvalue weighted by Gasteiger charge is 2.55. The molecule has 0 aliphatic heterocycles. The Hall–Kier alpha value is -3.31. The number of terminal acetylenes is 1. The Morgan fingerprint density at radius 3 is 2.41 bits per heavy atom. The molecule has 3 aromatic rings. The van der Waals surface area contributed by atoms with Crippen LogP contribution in [0.4, 0.5) is 18.9 Å². The van der Waals surface area contributed by atoms with Crippen LogP contribution in [0.1, 0.15) is 11.1 Å². The van der Waals surface area contributed by atoms with Gasteiger partial charge in [-0.1, -0.05) is 36.3 Å². The van der Waals surface area contributed by atoms with Crippen molar-refractivity contribution in [1.82, 2.24) is 4.57 Å². The van der Waals surface area contributed by atoms with E-state index in [2.05, 4.69) is 0 Å². The van der Waals surface area contributed by atoms with Crippen LogP contribution in [0.3, 0.4) is 0 Å². The molecule has 8 heteroatoms. The van der Waals surface area contributed by atoms with Gasteiger partial charge in [0.1, 0.15) is 0 Å².